The minimum absolute atomic E-state index is 1.09. The Labute approximate surface area is 64.6 Å². The third-order valence-corrected chi connectivity index (χ3v) is 1.62. The van der Waals surface area contributed by atoms with Gasteiger partial charge in [0.15, 0.2) is 0 Å². The first-order chi connectivity index (χ1) is 4.93. The van der Waals surface area contributed by atoms with Crippen LogP contribution in [0.15, 0.2) is 4.99 Å². The van der Waals surface area contributed by atoms with Crippen molar-refractivity contribution in [1.82, 2.24) is 0 Å². The number of aliphatic imine (C=N–C) groups is 1. The molecule has 1 heteroatoms. The molecule has 0 amide bonds. The van der Waals surface area contributed by atoms with Crippen LogP contribution in [0, 0.1) is 0 Å². The monoisotopic (exact) mass is 141 g/mol. The molecule has 10 heavy (non-hydrogen) atoms. The molecule has 1 heterocycles. The van der Waals surface area contributed by atoms with Crippen LogP contribution in [0.3, 0.4) is 0 Å². The topological polar surface area (TPSA) is 12.4 Å². The molecule has 0 saturated heterocycles. The molecule has 0 spiro atoms. The van der Waals surface area contributed by atoms with Crippen LogP contribution < -0.4 is 0 Å². The first kappa shape index (κ1) is 9.67. The Kier molecular flexibility index (Phi) is 6.56. The van der Waals surface area contributed by atoms with Crippen molar-refractivity contribution >= 4 is 5.71 Å². The van der Waals surface area contributed by atoms with Crippen molar-refractivity contribution in [1.29, 1.82) is 0 Å². The fourth-order valence-electron chi connectivity index (χ4n) is 1.05. The number of nitrogens with zero attached hydrogens (tertiary/aromatic N) is 1. The Hall–Kier alpha value is -0.330. The molecule has 0 aromatic rings. The van der Waals surface area contributed by atoms with Crippen molar-refractivity contribution in [3.05, 3.63) is 0 Å². The second-order valence-corrected chi connectivity index (χ2v) is 2.26. The van der Waals surface area contributed by atoms with Crippen LogP contribution in [0.5, 0.6) is 0 Å². The molecular weight excluding hydrogens is 122 g/mol. The molecule has 0 bridgehead atoms. The molecule has 60 valence electrons. The third kappa shape index (κ3) is 3.65. The standard InChI is InChI=1S/C7H13N.C2H6/c1-2-7-5-3-4-6-8-7;1-2/h2-6H2,1H3;1-2H3. The van der Waals surface area contributed by atoms with E-state index in [2.05, 4.69) is 11.9 Å². The Balaban J connectivity index is 0.000000371. The summed E-state index contributed by atoms with van der Waals surface area (Å²) in [5, 5.41) is 0. The lowest BCUT2D eigenvalue weighted by Gasteiger charge is -2.08. The van der Waals surface area contributed by atoms with Gasteiger partial charge in [-0.05, 0) is 25.7 Å². The van der Waals surface area contributed by atoms with E-state index in [4.69, 9.17) is 0 Å². The zero-order valence-electron chi connectivity index (χ0n) is 7.48. The van der Waals surface area contributed by atoms with Gasteiger partial charge in [-0.1, -0.05) is 20.8 Å². The van der Waals surface area contributed by atoms with Gasteiger partial charge in [0, 0.05) is 12.3 Å². The number of hydrogen-bond acceptors (Lipinski definition) is 1. The molecule has 0 fully saturated rings. The highest BCUT2D eigenvalue weighted by Crippen LogP contribution is 2.07. The Bertz CT molecular complexity index is 94.9. The van der Waals surface area contributed by atoms with Gasteiger partial charge in [-0.15, -0.1) is 0 Å². The zero-order valence-corrected chi connectivity index (χ0v) is 7.48. The predicted octanol–water partition coefficient (Wildman–Crippen LogP) is 3.05. The summed E-state index contributed by atoms with van der Waals surface area (Å²) in [6.45, 7) is 7.27. The van der Waals surface area contributed by atoms with E-state index >= 15 is 0 Å². The first-order valence-corrected chi connectivity index (χ1v) is 4.45. The van der Waals surface area contributed by atoms with Crippen LogP contribution in [0.4, 0.5) is 0 Å². The summed E-state index contributed by atoms with van der Waals surface area (Å²) in [5.41, 5.74) is 1.43. The molecule has 1 aliphatic rings. The lowest BCUT2D eigenvalue weighted by molar-refractivity contribution is 0.728. The van der Waals surface area contributed by atoms with Gasteiger partial charge in [0.05, 0.1) is 0 Å². The summed E-state index contributed by atoms with van der Waals surface area (Å²) in [5.74, 6) is 0. The molecule has 0 atom stereocenters. The van der Waals surface area contributed by atoms with Crippen LogP contribution >= 0.6 is 0 Å². The Morgan fingerprint density at radius 1 is 1.30 bits per heavy atom. The average molecular weight is 141 g/mol. The highest BCUT2D eigenvalue weighted by atomic mass is 14.7. The van der Waals surface area contributed by atoms with E-state index in [0.717, 1.165) is 6.54 Å². The van der Waals surface area contributed by atoms with Crippen LogP contribution in [0.25, 0.3) is 0 Å². The van der Waals surface area contributed by atoms with Gasteiger partial charge < -0.3 is 0 Å². The zero-order chi connectivity index (χ0) is 7.82. The van der Waals surface area contributed by atoms with E-state index in [9.17, 15) is 0 Å². The molecule has 0 saturated carbocycles. The normalized spacial score (nSPS) is 16.9. The largest absolute Gasteiger partial charge is 0.294 e. The van der Waals surface area contributed by atoms with Crippen LogP contribution in [-0.4, -0.2) is 12.3 Å². The smallest absolute Gasteiger partial charge is 0.0388 e. The maximum absolute atomic E-state index is 4.36. The SMILES string of the molecule is CC.CCC1=NCCCC1. The average Bonchev–Trinajstić information content (AvgIpc) is 2.10. The number of hydrogen-bond donors (Lipinski definition) is 0. The first-order valence-electron chi connectivity index (χ1n) is 4.45. The van der Waals surface area contributed by atoms with E-state index in [0.29, 0.717) is 0 Å². The number of rotatable bonds is 1. The summed E-state index contributed by atoms with van der Waals surface area (Å²) in [6, 6.07) is 0. The van der Waals surface area contributed by atoms with Crippen LogP contribution in [0.1, 0.15) is 46.5 Å². The van der Waals surface area contributed by atoms with Crippen molar-refractivity contribution < 1.29 is 0 Å². The fraction of sp³-hybridized carbons (Fsp3) is 0.889. The van der Waals surface area contributed by atoms with E-state index in [1.807, 2.05) is 13.8 Å². The quantitative estimate of drug-likeness (QED) is 0.532. The summed E-state index contributed by atoms with van der Waals surface area (Å²) >= 11 is 0. The summed E-state index contributed by atoms with van der Waals surface area (Å²) in [4.78, 5) is 4.36. The second kappa shape index (κ2) is 6.79. The highest BCUT2D eigenvalue weighted by molar-refractivity contribution is 5.84. The van der Waals surface area contributed by atoms with Gasteiger partial charge in [0.25, 0.3) is 0 Å². The molecule has 0 unspecified atom stereocenters. The van der Waals surface area contributed by atoms with Crippen LogP contribution in [-0.2, 0) is 0 Å². The molecule has 1 rings (SSSR count). The van der Waals surface area contributed by atoms with Gasteiger partial charge in [0.1, 0.15) is 0 Å². The van der Waals surface area contributed by atoms with Gasteiger partial charge in [-0.3, -0.25) is 4.99 Å². The van der Waals surface area contributed by atoms with E-state index in [1.54, 1.807) is 0 Å². The Morgan fingerprint density at radius 2 is 2.00 bits per heavy atom. The van der Waals surface area contributed by atoms with E-state index in [1.165, 1.54) is 31.4 Å². The molecule has 0 aromatic carbocycles. The van der Waals surface area contributed by atoms with Gasteiger partial charge in [-0.2, -0.15) is 0 Å². The fourth-order valence-corrected chi connectivity index (χ4v) is 1.05. The molecule has 1 nitrogen and oxygen atoms in total. The molecule has 0 N–H and O–H groups in total. The molecule has 0 aromatic heterocycles. The molecule has 0 aliphatic carbocycles. The van der Waals surface area contributed by atoms with Gasteiger partial charge in [-0.25, -0.2) is 0 Å². The predicted molar refractivity (Wildman–Crippen MR) is 47.8 cm³/mol. The maximum atomic E-state index is 4.36. The minimum atomic E-state index is 1.09. The van der Waals surface area contributed by atoms with Crippen LogP contribution in [0.2, 0.25) is 0 Å². The van der Waals surface area contributed by atoms with Crippen molar-refractivity contribution in [2.75, 3.05) is 6.54 Å². The molecular formula is C9H19N. The van der Waals surface area contributed by atoms with E-state index in [-0.39, 0.29) is 0 Å². The van der Waals surface area contributed by atoms with Crippen molar-refractivity contribution in [3.63, 3.8) is 0 Å². The third-order valence-electron chi connectivity index (χ3n) is 1.62. The van der Waals surface area contributed by atoms with Crippen molar-refractivity contribution in [3.8, 4) is 0 Å². The lowest BCUT2D eigenvalue weighted by Crippen LogP contribution is -2.03. The maximum Gasteiger partial charge on any atom is 0.0388 e. The molecule has 1 aliphatic heterocycles. The Morgan fingerprint density at radius 3 is 2.30 bits per heavy atom. The van der Waals surface area contributed by atoms with Gasteiger partial charge >= 0.3 is 0 Å². The lowest BCUT2D eigenvalue weighted by atomic mass is 10.1. The van der Waals surface area contributed by atoms with Crippen molar-refractivity contribution in [2.24, 2.45) is 4.99 Å². The summed E-state index contributed by atoms with van der Waals surface area (Å²) in [7, 11) is 0. The highest BCUT2D eigenvalue weighted by Gasteiger charge is 2.00. The minimum Gasteiger partial charge on any atom is -0.294 e. The van der Waals surface area contributed by atoms with E-state index < -0.39 is 0 Å². The van der Waals surface area contributed by atoms with Crippen molar-refractivity contribution in [2.45, 2.75) is 46.5 Å². The molecule has 0 radical (unpaired) electrons. The summed E-state index contributed by atoms with van der Waals surface area (Å²) in [6.07, 6.45) is 5.10. The van der Waals surface area contributed by atoms with Gasteiger partial charge in [0.2, 0.25) is 0 Å². The summed E-state index contributed by atoms with van der Waals surface area (Å²) < 4.78 is 0. The second-order valence-electron chi connectivity index (χ2n) is 2.26.